The van der Waals surface area contributed by atoms with Crippen LogP contribution in [0.3, 0.4) is 0 Å². The minimum Gasteiger partial charge on any atom is -0.368 e. The number of nitrogens with zero attached hydrogens (tertiary/aromatic N) is 5. The summed E-state index contributed by atoms with van der Waals surface area (Å²) in [6.45, 7) is 2.19. The van der Waals surface area contributed by atoms with Crippen LogP contribution in [0.5, 0.6) is 0 Å². The molecule has 0 atom stereocenters. The van der Waals surface area contributed by atoms with E-state index < -0.39 is 4.92 Å². The summed E-state index contributed by atoms with van der Waals surface area (Å²) in [7, 11) is 0. The quantitative estimate of drug-likeness (QED) is 0.324. The van der Waals surface area contributed by atoms with Gasteiger partial charge in [-0.1, -0.05) is 30.3 Å². The predicted molar refractivity (Wildman–Crippen MR) is 131 cm³/mol. The molecule has 4 aromatic rings. The Morgan fingerprint density at radius 3 is 2.41 bits per heavy atom. The van der Waals surface area contributed by atoms with Crippen LogP contribution in [-0.4, -0.2) is 51.5 Å². The number of rotatable bonds is 5. The van der Waals surface area contributed by atoms with Gasteiger partial charge < -0.3 is 9.80 Å². The Hall–Kier alpha value is -4.05. The van der Waals surface area contributed by atoms with Gasteiger partial charge in [0.25, 0.3) is 11.2 Å². The highest BCUT2D eigenvalue weighted by atomic mass is 32.1. The summed E-state index contributed by atoms with van der Waals surface area (Å²) >= 11 is 1.46. The lowest BCUT2D eigenvalue weighted by molar-refractivity contribution is -0.384. The molecule has 1 amide bonds. The first-order chi connectivity index (χ1) is 16.5. The molecule has 0 aliphatic carbocycles. The second kappa shape index (κ2) is 9.06. The second-order valence-corrected chi connectivity index (χ2v) is 9.05. The molecular weight excluding hydrogens is 454 g/mol. The van der Waals surface area contributed by atoms with Gasteiger partial charge in [-0.25, -0.2) is 4.98 Å². The summed E-state index contributed by atoms with van der Waals surface area (Å²) < 4.78 is 1.37. The Morgan fingerprint density at radius 2 is 1.74 bits per heavy atom. The number of anilines is 1. The summed E-state index contributed by atoms with van der Waals surface area (Å²) in [5.74, 6) is -0.134. The van der Waals surface area contributed by atoms with Crippen molar-refractivity contribution in [2.75, 3.05) is 31.1 Å². The maximum atomic E-state index is 13.0. The maximum absolute atomic E-state index is 13.0. The molecule has 2 aromatic carbocycles. The molecule has 2 aromatic heterocycles. The van der Waals surface area contributed by atoms with E-state index in [0.717, 1.165) is 16.1 Å². The number of aromatic nitrogens is 2. The number of piperazine rings is 1. The Labute approximate surface area is 198 Å². The van der Waals surface area contributed by atoms with Gasteiger partial charge in [-0.15, -0.1) is 11.3 Å². The molecule has 0 unspecified atom stereocenters. The standard InChI is InChI=1S/C24H21N5O4S/c30-22(27-12-10-26(11-13-27)18-6-8-19(9-7-18)29(32)33)15-28-16-25-23-20(24(28)31)14-21(34-23)17-4-2-1-3-5-17/h1-9,14,16H,10-13,15H2. The SMILES string of the molecule is O=C(Cn1cnc2sc(-c3ccccc3)cc2c1=O)N1CCN(c2ccc([N+](=O)[O-])cc2)CC1. The number of carbonyl (C=O) groups excluding carboxylic acids is 1. The number of benzene rings is 2. The minimum atomic E-state index is -0.424. The van der Waals surface area contributed by atoms with E-state index in [1.165, 1.54) is 34.4 Å². The van der Waals surface area contributed by atoms with E-state index >= 15 is 0 Å². The molecule has 9 nitrogen and oxygen atoms in total. The van der Waals surface area contributed by atoms with E-state index in [1.54, 1.807) is 17.0 Å². The zero-order valence-corrected chi connectivity index (χ0v) is 19.0. The molecule has 172 valence electrons. The number of hydrogen-bond donors (Lipinski definition) is 0. The fourth-order valence-electron chi connectivity index (χ4n) is 4.06. The molecule has 1 aliphatic rings. The van der Waals surface area contributed by atoms with Crippen molar-refractivity contribution in [1.82, 2.24) is 14.5 Å². The van der Waals surface area contributed by atoms with Crippen molar-refractivity contribution in [2.45, 2.75) is 6.54 Å². The van der Waals surface area contributed by atoms with E-state index in [2.05, 4.69) is 9.88 Å². The largest absolute Gasteiger partial charge is 0.368 e. The first kappa shape index (κ1) is 21.8. The average molecular weight is 476 g/mol. The van der Waals surface area contributed by atoms with Crippen LogP contribution in [0.2, 0.25) is 0 Å². The highest BCUT2D eigenvalue weighted by Crippen LogP contribution is 2.30. The summed E-state index contributed by atoms with van der Waals surface area (Å²) in [4.78, 5) is 46.2. The van der Waals surface area contributed by atoms with Crippen molar-refractivity contribution in [3.8, 4) is 10.4 Å². The number of thiophene rings is 1. The van der Waals surface area contributed by atoms with E-state index in [1.807, 2.05) is 36.4 Å². The fourth-order valence-corrected chi connectivity index (χ4v) is 5.06. The number of amides is 1. The third kappa shape index (κ3) is 4.27. The Balaban J connectivity index is 1.25. The molecule has 0 radical (unpaired) electrons. The molecule has 3 heterocycles. The zero-order chi connectivity index (χ0) is 23.7. The number of nitro benzene ring substituents is 1. The van der Waals surface area contributed by atoms with E-state index in [0.29, 0.717) is 36.4 Å². The molecular formula is C24H21N5O4S. The Bertz CT molecular complexity index is 1410. The van der Waals surface area contributed by atoms with Crippen molar-refractivity contribution in [3.63, 3.8) is 0 Å². The van der Waals surface area contributed by atoms with Gasteiger partial charge in [0, 0.05) is 48.9 Å². The van der Waals surface area contributed by atoms with Gasteiger partial charge in [-0.2, -0.15) is 0 Å². The van der Waals surface area contributed by atoms with Crippen LogP contribution in [0.25, 0.3) is 20.7 Å². The molecule has 5 rings (SSSR count). The van der Waals surface area contributed by atoms with Crippen LogP contribution in [0.4, 0.5) is 11.4 Å². The summed E-state index contributed by atoms with van der Waals surface area (Å²) in [6, 6.07) is 18.1. The Kier molecular flexibility index (Phi) is 5.81. The number of non-ortho nitro benzene ring substituents is 1. The van der Waals surface area contributed by atoms with E-state index in [9.17, 15) is 19.7 Å². The van der Waals surface area contributed by atoms with Gasteiger partial charge in [0.15, 0.2) is 0 Å². The molecule has 1 fully saturated rings. The van der Waals surface area contributed by atoms with Gasteiger partial charge in [-0.3, -0.25) is 24.3 Å². The van der Waals surface area contributed by atoms with Gasteiger partial charge in [0.1, 0.15) is 11.4 Å². The molecule has 34 heavy (non-hydrogen) atoms. The van der Waals surface area contributed by atoms with Crippen LogP contribution in [0.15, 0.2) is 71.8 Å². The number of hydrogen-bond acceptors (Lipinski definition) is 7. The first-order valence-electron chi connectivity index (χ1n) is 10.8. The monoisotopic (exact) mass is 475 g/mol. The second-order valence-electron chi connectivity index (χ2n) is 8.01. The van der Waals surface area contributed by atoms with Crippen LogP contribution in [0, 0.1) is 10.1 Å². The maximum Gasteiger partial charge on any atom is 0.269 e. The molecule has 0 saturated carbocycles. The Morgan fingerprint density at radius 1 is 1.03 bits per heavy atom. The summed E-state index contributed by atoms with van der Waals surface area (Å²) in [5.41, 5.74) is 1.74. The van der Waals surface area contributed by atoms with Crippen molar-refractivity contribution >= 4 is 38.8 Å². The van der Waals surface area contributed by atoms with Gasteiger partial charge >= 0.3 is 0 Å². The van der Waals surface area contributed by atoms with Crippen LogP contribution in [-0.2, 0) is 11.3 Å². The topological polar surface area (TPSA) is 102 Å². The molecule has 0 spiro atoms. The summed E-state index contributed by atoms with van der Waals surface area (Å²) in [5, 5.41) is 11.4. The molecule has 1 aliphatic heterocycles. The van der Waals surface area contributed by atoms with Crippen molar-refractivity contribution in [1.29, 1.82) is 0 Å². The molecule has 0 bridgehead atoms. The van der Waals surface area contributed by atoms with Crippen molar-refractivity contribution in [2.24, 2.45) is 0 Å². The van der Waals surface area contributed by atoms with Gasteiger partial charge in [0.05, 0.1) is 16.6 Å². The zero-order valence-electron chi connectivity index (χ0n) is 18.2. The molecule has 10 heteroatoms. The van der Waals surface area contributed by atoms with Crippen LogP contribution in [0.1, 0.15) is 0 Å². The van der Waals surface area contributed by atoms with Crippen LogP contribution >= 0.6 is 11.3 Å². The van der Waals surface area contributed by atoms with Crippen molar-refractivity contribution in [3.05, 3.63) is 87.5 Å². The van der Waals surface area contributed by atoms with E-state index in [4.69, 9.17) is 0 Å². The van der Waals surface area contributed by atoms with Crippen molar-refractivity contribution < 1.29 is 9.72 Å². The van der Waals surface area contributed by atoms with Gasteiger partial charge in [-0.05, 0) is 23.8 Å². The minimum absolute atomic E-state index is 0.0510. The first-order valence-corrected chi connectivity index (χ1v) is 11.6. The average Bonchev–Trinajstić information content (AvgIpc) is 3.32. The van der Waals surface area contributed by atoms with E-state index in [-0.39, 0.29) is 23.7 Å². The highest BCUT2D eigenvalue weighted by Gasteiger charge is 2.22. The smallest absolute Gasteiger partial charge is 0.269 e. The number of carbonyl (C=O) groups is 1. The summed E-state index contributed by atoms with van der Waals surface area (Å²) in [6.07, 6.45) is 1.45. The molecule has 1 saturated heterocycles. The molecule has 0 N–H and O–H groups in total. The number of fused-ring (bicyclic) bond motifs is 1. The normalized spacial score (nSPS) is 13.9. The lowest BCUT2D eigenvalue weighted by Crippen LogP contribution is -2.50. The van der Waals surface area contributed by atoms with Gasteiger partial charge in [0.2, 0.25) is 5.91 Å². The van der Waals surface area contributed by atoms with Crippen LogP contribution < -0.4 is 10.5 Å². The predicted octanol–water partition coefficient (Wildman–Crippen LogP) is 3.38. The number of nitro groups is 1. The highest BCUT2D eigenvalue weighted by molar-refractivity contribution is 7.21. The lowest BCUT2D eigenvalue weighted by Gasteiger charge is -2.36. The lowest BCUT2D eigenvalue weighted by atomic mass is 10.2. The third-order valence-corrected chi connectivity index (χ3v) is 7.03. The third-order valence-electron chi connectivity index (χ3n) is 5.94. The fraction of sp³-hybridized carbons (Fsp3) is 0.208.